The fourth-order valence-electron chi connectivity index (χ4n) is 2.96. The first-order chi connectivity index (χ1) is 11.1. The third-order valence-electron chi connectivity index (χ3n) is 4.24. The molecule has 4 nitrogen and oxygen atoms in total. The second kappa shape index (κ2) is 8.93. The summed E-state index contributed by atoms with van der Waals surface area (Å²) in [7, 11) is 1.59. The fourth-order valence-corrected chi connectivity index (χ4v) is 2.96. The largest absolute Gasteiger partial charge is 0.383 e. The number of carbonyl (C=O) groups is 1. The number of rotatable bonds is 8. The van der Waals surface area contributed by atoms with Crippen LogP contribution in [0.15, 0.2) is 18.2 Å². The van der Waals surface area contributed by atoms with Gasteiger partial charge in [-0.05, 0) is 25.0 Å². The Morgan fingerprint density at radius 2 is 1.96 bits per heavy atom. The van der Waals surface area contributed by atoms with Gasteiger partial charge in [0.15, 0.2) is 0 Å². The van der Waals surface area contributed by atoms with E-state index in [9.17, 15) is 13.6 Å². The molecule has 1 aromatic rings. The van der Waals surface area contributed by atoms with E-state index in [0.717, 1.165) is 25.7 Å². The van der Waals surface area contributed by atoms with E-state index < -0.39 is 11.6 Å². The number of nitrogens with zero attached hydrogens (tertiary/aromatic N) is 1. The molecule has 1 aromatic carbocycles. The average molecular weight is 326 g/mol. The normalized spacial score (nSPS) is 15.1. The summed E-state index contributed by atoms with van der Waals surface area (Å²) in [5, 5.41) is 3.00. The summed E-state index contributed by atoms with van der Waals surface area (Å²) in [5.74, 6) is -1.34. The van der Waals surface area contributed by atoms with Crippen molar-refractivity contribution in [3.63, 3.8) is 0 Å². The lowest BCUT2D eigenvalue weighted by Gasteiger charge is -2.29. The SMILES string of the molecule is COCCNCC(=O)N(Cc1c(F)cccc1F)C1CCCC1. The van der Waals surface area contributed by atoms with Crippen molar-refractivity contribution >= 4 is 5.91 Å². The molecule has 0 bridgehead atoms. The number of benzene rings is 1. The van der Waals surface area contributed by atoms with Crippen LogP contribution >= 0.6 is 0 Å². The maximum absolute atomic E-state index is 13.9. The van der Waals surface area contributed by atoms with Crippen LogP contribution in [-0.4, -0.2) is 43.7 Å². The molecular weight excluding hydrogens is 302 g/mol. The molecule has 1 saturated carbocycles. The number of carbonyl (C=O) groups excluding carboxylic acids is 1. The quantitative estimate of drug-likeness (QED) is 0.746. The topological polar surface area (TPSA) is 41.6 Å². The van der Waals surface area contributed by atoms with Gasteiger partial charge in [0.25, 0.3) is 0 Å². The molecule has 1 aliphatic rings. The third-order valence-corrected chi connectivity index (χ3v) is 4.24. The zero-order chi connectivity index (χ0) is 16.7. The maximum Gasteiger partial charge on any atom is 0.237 e. The highest BCUT2D eigenvalue weighted by molar-refractivity contribution is 5.78. The lowest BCUT2D eigenvalue weighted by molar-refractivity contribution is -0.133. The van der Waals surface area contributed by atoms with Gasteiger partial charge in [-0.3, -0.25) is 4.79 Å². The summed E-state index contributed by atoms with van der Waals surface area (Å²) in [6.07, 6.45) is 3.87. The van der Waals surface area contributed by atoms with Gasteiger partial charge in [0.2, 0.25) is 5.91 Å². The predicted octanol–water partition coefficient (Wildman–Crippen LogP) is 2.47. The lowest BCUT2D eigenvalue weighted by atomic mass is 10.1. The summed E-state index contributed by atoms with van der Waals surface area (Å²) in [6.45, 7) is 1.21. The van der Waals surface area contributed by atoms with Crippen molar-refractivity contribution in [3.05, 3.63) is 35.4 Å². The Balaban J connectivity index is 2.06. The summed E-state index contributed by atoms with van der Waals surface area (Å²) < 4.78 is 32.7. The molecule has 0 spiro atoms. The van der Waals surface area contributed by atoms with E-state index in [2.05, 4.69) is 5.32 Å². The van der Waals surface area contributed by atoms with Gasteiger partial charge in [0, 0.05) is 25.3 Å². The standard InChI is InChI=1S/C17H24F2N2O2/c1-23-10-9-20-11-17(22)21(13-5-2-3-6-13)12-14-15(18)7-4-8-16(14)19/h4,7-8,13,20H,2-3,5-6,9-12H2,1H3. The van der Waals surface area contributed by atoms with E-state index in [4.69, 9.17) is 4.74 Å². The van der Waals surface area contributed by atoms with Crippen molar-refractivity contribution in [2.24, 2.45) is 0 Å². The van der Waals surface area contributed by atoms with Crippen LogP contribution in [0.3, 0.4) is 0 Å². The molecular formula is C17H24F2N2O2. The molecule has 128 valence electrons. The minimum atomic E-state index is -0.604. The predicted molar refractivity (Wildman–Crippen MR) is 83.9 cm³/mol. The number of methoxy groups -OCH3 is 1. The highest BCUT2D eigenvalue weighted by Gasteiger charge is 2.28. The van der Waals surface area contributed by atoms with Gasteiger partial charge in [-0.1, -0.05) is 18.9 Å². The molecule has 1 fully saturated rings. The van der Waals surface area contributed by atoms with E-state index in [1.165, 1.54) is 18.2 Å². The maximum atomic E-state index is 13.9. The van der Waals surface area contributed by atoms with E-state index in [-0.39, 0.29) is 30.6 Å². The zero-order valence-electron chi connectivity index (χ0n) is 13.5. The van der Waals surface area contributed by atoms with Crippen LogP contribution in [0, 0.1) is 11.6 Å². The first kappa shape index (κ1) is 17.8. The van der Waals surface area contributed by atoms with Crippen molar-refractivity contribution in [2.75, 3.05) is 26.8 Å². The van der Waals surface area contributed by atoms with Crippen LogP contribution < -0.4 is 5.32 Å². The van der Waals surface area contributed by atoms with Gasteiger partial charge >= 0.3 is 0 Å². The first-order valence-electron chi connectivity index (χ1n) is 8.05. The van der Waals surface area contributed by atoms with Gasteiger partial charge in [-0.2, -0.15) is 0 Å². The van der Waals surface area contributed by atoms with Crippen LogP contribution in [-0.2, 0) is 16.1 Å². The molecule has 1 N–H and O–H groups in total. The van der Waals surface area contributed by atoms with Crippen LogP contribution in [0.5, 0.6) is 0 Å². The molecule has 1 aliphatic carbocycles. The number of hydrogen-bond acceptors (Lipinski definition) is 3. The number of nitrogens with one attached hydrogen (secondary N) is 1. The molecule has 0 atom stereocenters. The van der Waals surface area contributed by atoms with Crippen LogP contribution in [0.25, 0.3) is 0 Å². The van der Waals surface area contributed by atoms with Gasteiger partial charge in [-0.15, -0.1) is 0 Å². The Bertz CT molecular complexity index is 499. The molecule has 0 aromatic heterocycles. The molecule has 2 rings (SSSR count). The summed E-state index contributed by atoms with van der Waals surface area (Å²) in [6, 6.07) is 3.85. The Morgan fingerprint density at radius 1 is 1.30 bits per heavy atom. The number of halogens is 2. The van der Waals surface area contributed by atoms with E-state index in [0.29, 0.717) is 13.2 Å². The van der Waals surface area contributed by atoms with Gasteiger partial charge in [0.05, 0.1) is 19.7 Å². The van der Waals surface area contributed by atoms with E-state index >= 15 is 0 Å². The Morgan fingerprint density at radius 3 is 2.57 bits per heavy atom. The smallest absolute Gasteiger partial charge is 0.237 e. The fraction of sp³-hybridized carbons (Fsp3) is 0.588. The lowest BCUT2D eigenvalue weighted by Crippen LogP contribution is -2.44. The first-order valence-corrected chi connectivity index (χ1v) is 8.05. The number of amides is 1. The molecule has 0 heterocycles. The molecule has 0 unspecified atom stereocenters. The zero-order valence-corrected chi connectivity index (χ0v) is 13.5. The molecule has 0 saturated heterocycles. The minimum absolute atomic E-state index is 0.0199. The average Bonchev–Trinajstić information content (AvgIpc) is 3.05. The third kappa shape index (κ3) is 4.97. The van der Waals surface area contributed by atoms with E-state index in [1.54, 1.807) is 12.0 Å². The Kier molecular flexibility index (Phi) is 6.92. The van der Waals surface area contributed by atoms with E-state index in [1.807, 2.05) is 0 Å². The highest BCUT2D eigenvalue weighted by Crippen LogP contribution is 2.26. The number of ether oxygens (including phenoxy) is 1. The summed E-state index contributed by atoms with van der Waals surface area (Å²) in [4.78, 5) is 14.1. The molecule has 0 radical (unpaired) electrons. The molecule has 0 aliphatic heterocycles. The van der Waals surface area contributed by atoms with Crippen molar-refractivity contribution in [3.8, 4) is 0 Å². The summed E-state index contributed by atoms with van der Waals surface area (Å²) in [5.41, 5.74) is -0.0374. The second-order valence-electron chi connectivity index (χ2n) is 5.83. The minimum Gasteiger partial charge on any atom is -0.383 e. The van der Waals surface area contributed by atoms with Crippen molar-refractivity contribution < 1.29 is 18.3 Å². The van der Waals surface area contributed by atoms with Gasteiger partial charge in [-0.25, -0.2) is 8.78 Å². The Labute approximate surface area is 135 Å². The molecule has 1 amide bonds. The van der Waals surface area contributed by atoms with Crippen molar-refractivity contribution in [1.82, 2.24) is 10.2 Å². The van der Waals surface area contributed by atoms with Crippen LogP contribution in [0.1, 0.15) is 31.2 Å². The highest BCUT2D eigenvalue weighted by atomic mass is 19.1. The van der Waals surface area contributed by atoms with Crippen molar-refractivity contribution in [1.29, 1.82) is 0 Å². The van der Waals surface area contributed by atoms with Gasteiger partial charge in [0.1, 0.15) is 11.6 Å². The molecule has 6 heteroatoms. The van der Waals surface area contributed by atoms with Crippen molar-refractivity contribution in [2.45, 2.75) is 38.3 Å². The van der Waals surface area contributed by atoms with Crippen LogP contribution in [0.2, 0.25) is 0 Å². The summed E-state index contributed by atoms with van der Waals surface area (Å²) >= 11 is 0. The number of hydrogen-bond donors (Lipinski definition) is 1. The van der Waals surface area contributed by atoms with Gasteiger partial charge < -0.3 is 15.0 Å². The Hall–Kier alpha value is -1.53. The second-order valence-corrected chi connectivity index (χ2v) is 5.83. The monoisotopic (exact) mass is 326 g/mol. The molecule has 23 heavy (non-hydrogen) atoms. The van der Waals surface area contributed by atoms with Crippen LogP contribution in [0.4, 0.5) is 8.78 Å².